The Bertz CT molecular complexity index is 283. The number of phenolic OH excluding ortho intramolecular Hbond substituents is 1. The Kier molecular flexibility index (Phi) is 1.36. The summed E-state index contributed by atoms with van der Waals surface area (Å²) < 4.78 is 0. The first-order chi connectivity index (χ1) is 5.29. The average molecular weight is 149 g/mol. The van der Waals surface area contributed by atoms with Gasteiger partial charge in [-0.2, -0.15) is 0 Å². The van der Waals surface area contributed by atoms with Gasteiger partial charge in [0.05, 0.1) is 0 Å². The standard InChI is InChI=1S/C9H11NO/c10-8-5-4-7-6(8)2-1-3-9(7)11/h1-3,8,11H,4-5,10H2. The van der Waals surface area contributed by atoms with Crippen molar-refractivity contribution in [1.82, 2.24) is 0 Å². The van der Waals surface area contributed by atoms with Gasteiger partial charge in [0.15, 0.2) is 0 Å². The molecule has 0 saturated carbocycles. The summed E-state index contributed by atoms with van der Waals surface area (Å²) in [4.78, 5) is 0. The lowest BCUT2D eigenvalue weighted by molar-refractivity contribution is 0.469. The van der Waals surface area contributed by atoms with Crippen molar-refractivity contribution >= 4 is 0 Å². The lowest BCUT2D eigenvalue weighted by Gasteiger charge is -2.04. The molecule has 0 spiro atoms. The molecule has 0 aliphatic heterocycles. The van der Waals surface area contributed by atoms with Crippen molar-refractivity contribution in [2.45, 2.75) is 18.9 Å². The molecule has 1 unspecified atom stereocenters. The monoisotopic (exact) mass is 149 g/mol. The Balaban J connectivity index is 2.57. The van der Waals surface area contributed by atoms with Crippen LogP contribution in [0.15, 0.2) is 18.2 Å². The number of rotatable bonds is 0. The summed E-state index contributed by atoms with van der Waals surface area (Å²) in [5, 5.41) is 9.39. The van der Waals surface area contributed by atoms with Gasteiger partial charge in [-0.25, -0.2) is 0 Å². The van der Waals surface area contributed by atoms with Gasteiger partial charge in [-0.15, -0.1) is 0 Å². The predicted octanol–water partition coefficient (Wildman–Crippen LogP) is 1.34. The fourth-order valence-corrected chi connectivity index (χ4v) is 1.67. The van der Waals surface area contributed by atoms with E-state index in [-0.39, 0.29) is 6.04 Å². The number of hydrogen-bond acceptors (Lipinski definition) is 2. The molecule has 2 rings (SSSR count). The molecule has 1 atom stereocenters. The van der Waals surface area contributed by atoms with Crippen molar-refractivity contribution in [1.29, 1.82) is 0 Å². The van der Waals surface area contributed by atoms with Crippen LogP contribution in [0.1, 0.15) is 23.6 Å². The maximum atomic E-state index is 9.39. The fourth-order valence-electron chi connectivity index (χ4n) is 1.67. The molecule has 0 heterocycles. The largest absolute Gasteiger partial charge is 0.508 e. The highest BCUT2D eigenvalue weighted by molar-refractivity contribution is 5.43. The Morgan fingerprint density at radius 1 is 1.45 bits per heavy atom. The minimum Gasteiger partial charge on any atom is -0.508 e. The zero-order chi connectivity index (χ0) is 7.84. The molecule has 2 nitrogen and oxygen atoms in total. The maximum Gasteiger partial charge on any atom is 0.119 e. The third-order valence-electron chi connectivity index (χ3n) is 2.29. The third-order valence-corrected chi connectivity index (χ3v) is 2.29. The Labute approximate surface area is 65.7 Å². The van der Waals surface area contributed by atoms with E-state index >= 15 is 0 Å². The minimum absolute atomic E-state index is 0.136. The summed E-state index contributed by atoms with van der Waals surface area (Å²) in [6, 6.07) is 5.69. The molecule has 0 bridgehead atoms. The van der Waals surface area contributed by atoms with Crippen molar-refractivity contribution < 1.29 is 5.11 Å². The van der Waals surface area contributed by atoms with E-state index in [2.05, 4.69) is 0 Å². The number of benzene rings is 1. The second kappa shape index (κ2) is 2.24. The first-order valence-electron chi connectivity index (χ1n) is 3.85. The third kappa shape index (κ3) is 0.906. The molecule has 0 radical (unpaired) electrons. The molecule has 2 heteroatoms. The van der Waals surface area contributed by atoms with E-state index in [1.807, 2.05) is 12.1 Å². The van der Waals surface area contributed by atoms with Gasteiger partial charge in [0.2, 0.25) is 0 Å². The van der Waals surface area contributed by atoms with Crippen LogP contribution in [0.3, 0.4) is 0 Å². The van der Waals surface area contributed by atoms with Crippen molar-refractivity contribution in [3.05, 3.63) is 29.3 Å². The van der Waals surface area contributed by atoms with Crippen LogP contribution in [0.4, 0.5) is 0 Å². The first-order valence-corrected chi connectivity index (χ1v) is 3.85. The molecule has 0 aromatic heterocycles. The topological polar surface area (TPSA) is 46.2 Å². The van der Waals surface area contributed by atoms with Gasteiger partial charge < -0.3 is 10.8 Å². The minimum atomic E-state index is 0.136. The number of nitrogens with two attached hydrogens (primary N) is 1. The van der Waals surface area contributed by atoms with Gasteiger partial charge in [0.25, 0.3) is 0 Å². The van der Waals surface area contributed by atoms with Gasteiger partial charge >= 0.3 is 0 Å². The van der Waals surface area contributed by atoms with E-state index in [0.29, 0.717) is 5.75 Å². The van der Waals surface area contributed by atoms with Gasteiger partial charge in [-0.3, -0.25) is 0 Å². The molecule has 1 aromatic carbocycles. The van der Waals surface area contributed by atoms with Gasteiger partial charge in [0, 0.05) is 6.04 Å². The summed E-state index contributed by atoms with van der Waals surface area (Å²) >= 11 is 0. The molecule has 11 heavy (non-hydrogen) atoms. The van der Waals surface area contributed by atoms with Crippen molar-refractivity contribution in [3.63, 3.8) is 0 Å². The van der Waals surface area contributed by atoms with Crippen LogP contribution >= 0.6 is 0 Å². The second-order valence-electron chi connectivity index (χ2n) is 2.99. The van der Waals surface area contributed by atoms with Crippen LogP contribution in [0.2, 0.25) is 0 Å². The van der Waals surface area contributed by atoms with Crippen molar-refractivity contribution in [2.75, 3.05) is 0 Å². The molecular formula is C9H11NO. The van der Waals surface area contributed by atoms with E-state index < -0.39 is 0 Å². The molecule has 3 N–H and O–H groups in total. The molecule has 1 aliphatic carbocycles. The van der Waals surface area contributed by atoms with Crippen LogP contribution in [0.5, 0.6) is 5.75 Å². The van der Waals surface area contributed by atoms with Crippen molar-refractivity contribution in [2.24, 2.45) is 5.73 Å². The number of aromatic hydroxyl groups is 1. The van der Waals surface area contributed by atoms with Crippen LogP contribution < -0.4 is 5.73 Å². The van der Waals surface area contributed by atoms with Gasteiger partial charge in [-0.05, 0) is 30.0 Å². The summed E-state index contributed by atoms with van der Waals surface area (Å²) in [6.45, 7) is 0. The summed E-state index contributed by atoms with van der Waals surface area (Å²) in [5.74, 6) is 0.399. The van der Waals surface area contributed by atoms with E-state index in [0.717, 1.165) is 24.0 Å². The summed E-state index contributed by atoms with van der Waals surface area (Å²) in [7, 11) is 0. The smallest absolute Gasteiger partial charge is 0.119 e. The van der Waals surface area contributed by atoms with Crippen LogP contribution in [-0.4, -0.2) is 5.11 Å². The fraction of sp³-hybridized carbons (Fsp3) is 0.333. The first kappa shape index (κ1) is 6.68. The molecule has 0 fully saturated rings. The normalized spacial score (nSPS) is 21.7. The highest BCUT2D eigenvalue weighted by Crippen LogP contribution is 2.34. The molecule has 1 aliphatic rings. The number of hydrogen-bond donors (Lipinski definition) is 2. The lowest BCUT2D eigenvalue weighted by atomic mass is 10.1. The maximum absolute atomic E-state index is 9.39. The zero-order valence-corrected chi connectivity index (χ0v) is 6.25. The van der Waals surface area contributed by atoms with Crippen LogP contribution in [-0.2, 0) is 6.42 Å². The molecule has 58 valence electrons. The SMILES string of the molecule is NC1CCc2c(O)cccc21. The van der Waals surface area contributed by atoms with Crippen LogP contribution in [0.25, 0.3) is 0 Å². The van der Waals surface area contributed by atoms with Gasteiger partial charge in [0.1, 0.15) is 5.75 Å². The summed E-state index contributed by atoms with van der Waals surface area (Å²) in [5.41, 5.74) is 7.96. The number of phenols is 1. The molecule has 0 amide bonds. The van der Waals surface area contributed by atoms with E-state index in [4.69, 9.17) is 5.73 Å². The van der Waals surface area contributed by atoms with Gasteiger partial charge in [-0.1, -0.05) is 12.1 Å². The predicted molar refractivity (Wildman–Crippen MR) is 43.4 cm³/mol. The van der Waals surface area contributed by atoms with Crippen LogP contribution in [0, 0.1) is 0 Å². The molecule has 1 aromatic rings. The molecular weight excluding hydrogens is 138 g/mol. The van der Waals surface area contributed by atoms with E-state index in [9.17, 15) is 5.11 Å². The zero-order valence-electron chi connectivity index (χ0n) is 6.25. The Hall–Kier alpha value is -1.02. The second-order valence-corrected chi connectivity index (χ2v) is 2.99. The summed E-state index contributed by atoms with van der Waals surface area (Å²) in [6.07, 6.45) is 1.88. The highest BCUT2D eigenvalue weighted by atomic mass is 16.3. The van der Waals surface area contributed by atoms with E-state index in [1.54, 1.807) is 6.07 Å². The van der Waals surface area contributed by atoms with Crippen molar-refractivity contribution in [3.8, 4) is 5.75 Å². The average Bonchev–Trinajstić information content (AvgIpc) is 2.35. The highest BCUT2D eigenvalue weighted by Gasteiger charge is 2.20. The number of fused-ring (bicyclic) bond motifs is 1. The Morgan fingerprint density at radius 2 is 2.27 bits per heavy atom. The molecule has 0 saturated heterocycles. The Morgan fingerprint density at radius 3 is 3.00 bits per heavy atom. The quantitative estimate of drug-likeness (QED) is 0.584. The van der Waals surface area contributed by atoms with E-state index in [1.165, 1.54) is 0 Å². The lowest BCUT2D eigenvalue weighted by Crippen LogP contribution is -2.04.